The number of fused-ring (bicyclic) bond motifs is 1. The molecule has 0 amide bonds. The Balaban J connectivity index is 2.17. The van der Waals surface area contributed by atoms with Gasteiger partial charge in [0.15, 0.2) is 11.4 Å². The molecule has 1 saturated heterocycles. The highest BCUT2D eigenvalue weighted by molar-refractivity contribution is 5.76. The molecule has 2 aromatic rings. The summed E-state index contributed by atoms with van der Waals surface area (Å²) in [5.41, 5.74) is -1.04. The molecule has 1 aliphatic rings. The fraction of sp³-hybridized carbons (Fsp3) is 0.333. The van der Waals surface area contributed by atoms with Gasteiger partial charge in [0, 0.05) is 13.1 Å². The number of hydrogen-bond acceptors (Lipinski definition) is 5. The van der Waals surface area contributed by atoms with Gasteiger partial charge >= 0.3 is 6.01 Å². The Morgan fingerprint density at radius 2 is 1.95 bits per heavy atom. The molecule has 0 radical (unpaired) electrons. The molecule has 0 N–H and O–H groups in total. The third-order valence-electron chi connectivity index (χ3n) is 2.95. The van der Waals surface area contributed by atoms with Gasteiger partial charge in [-0.25, -0.2) is 4.39 Å². The highest BCUT2D eigenvalue weighted by Crippen LogP contribution is 2.21. The van der Waals surface area contributed by atoms with Crippen LogP contribution in [-0.2, 0) is 4.74 Å². The first-order valence-corrected chi connectivity index (χ1v) is 5.78. The van der Waals surface area contributed by atoms with Crippen molar-refractivity contribution in [3.8, 4) is 0 Å². The van der Waals surface area contributed by atoms with Gasteiger partial charge in [0.1, 0.15) is 0 Å². The lowest BCUT2D eigenvalue weighted by molar-refractivity contribution is 0.120. The molecule has 0 atom stereocenters. The van der Waals surface area contributed by atoms with Crippen molar-refractivity contribution in [2.75, 3.05) is 31.2 Å². The number of hydrogen-bond donors (Lipinski definition) is 0. The van der Waals surface area contributed by atoms with Crippen molar-refractivity contribution >= 4 is 17.0 Å². The molecule has 2 heterocycles. The molecule has 0 bridgehead atoms. The van der Waals surface area contributed by atoms with Gasteiger partial charge in [-0.3, -0.25) is 4.79 Å². The molecular formula is C12H10F2N2O3. The smallest absolute Gasteiger partial charge is 0.301 e. The third kappa shape index (κ3) is 2.06. The number of benzene rings is 1. The zero-order valence-corrected chi connectivity index (χ0v) is 9.86. The molecular weight excluding hydrogens is 258 g/mol. The SMILES string of the molecule is O=c1nc(N2CCOCC2)oc2c(F)c(F)ccc12. The molecule has 1 aliphatic heterocycles. The van der Waals surface area contributed by atoms with Crippen LogP contribution < -0.4 is 10.5 Å². The van der Waals surface area contributed by atoms with Crippen molar-refractivity contribution in [3.63, 3.8) is 0 Å². The summed E-state index contributed by atoms with van der Waals surface area (Å²) in [5.74, 6) is -2.23. The molecule has 0 unspecified atom stereocenters. The van der Waals surface area contributed by atoms with Gasteiger partial charge in [0.25, 0.3) is 5.56 Å². The Bertz CT molecular complexity index is 680. The standard InChI is InChI=1S/C12H10F2N2O3/c13-8-2-1-7-10(9(8)14)19-12(15-11(7)17)16-3-5-18-6-4-16/h1-2H,3-6H2. The van der Waals surface area contributed by atoms with Crippen LogP contribution >= 0.6 is 0 Å². The van der Waals surface area contributed by atoms with Gasteiger partial charge in [-0.1, -0.05) is 0 Å². The van der Waals surface area contributed by atoms with E-state index in [1.807, 2.05) is 0 Å². The van der Waals surface area contributed by atoms with Gasteiger partial charge in [0.05, 0.1) is 18.6 Å². The van der Waals surface area contributed by atoms with Crippen molar-refractivity contribution in [2.45, 2.75) is 0 Å². The number of aromatic nitrogens is 1. The van der Waals surface area contributed by atoms with E-state index >= 15 is 0 Å². The largest absolute Gasteiger partial charge is 0.422 e. The van der Waals surface area contributed by atoms with Crippen LogP contribution in [-0.4, -0.2) is 31.3 Å². The summed E-state index contributed by atoms with van der Waals surface area (Å²) in [5, 5.41) is -0.0732. The average Bonchev–Trinajstić information content (AvgIpc) is 2.44. The Morgan fingerprint density at radius 1 is 1.21 bits per heavy atom. The van der Waals surface area contributed by atoms with E-state index in [0.29, 0.717) is 26.3 Å². The van der Waals surface area contributed by atoms with E-state index in [4.69, 9.17) is 9.15 Å². The summed E-state index contributed by atoms with van der Waals surface area (Å²) in [7, 11) is 0. The van der Waals surface area contributed by atoms with Crippen molar-refractivity contribution in [2.24, 2.45) is 0 Å². The minimum Gasteiger partial charge on any atom is -0.422 e. The maximum Gasteiger partial charge on any atom is 0.301 e. The highest BCUT2D eigenvalue weighted by Gasteiger charge is 2.19. The van der Waals surface area contributed by atoms with Gasteiger partial charge in [-0.15, -0.1) is 0 Å². The minimum atomic E-state index is -1.17. The minimum absolute atomic E-state index is 0.00898. The van der Waals surface area contributed by atoms with E-state index < -0.39 is 22.8 Å². The van der Waals surface area contributed by atoms with Crippen molar-refractivity contribution in [1.29, 1.82) is 0 Å². The lowest BCUT2D eigenvalue weighted by Crippen LogP contribution is -2.37. The lowest BCUT2D eigenvalue weighted by atomic mass is 10.2. The molecule has 0 saturated carbocycles. The summed E-state index contributed by atoms with van der Waals surface area (Å²) in [6.45, 7) is 1.90. The molecule has 100 valence electrons. The molecule has 0 spiro atoms. The van der Waals surface area contributed by atoms with E-state index in [9.17, 15) is 13.6 Å². The van der Waals surface area contributed by atoms with Gasteiger partial charge in [-0.05, 0) is 12.1 Å². The number of nitrogens with zero attached hydrogens (tertiary/aromatic N) is 2. The molecule has 3 rings (SSSR count). The topological polar surface area (TPSA) is 55.6 Å². The Morgan fingerprint density at radius 3 is 2.68 bits per heavy atom. The summed E-state index contributed by atoms with van der Waals surface area (Å²) < 4.78 is 37.2. The van der Waals surface area contributed by atoms with Crippen LogP contribution in [0.1, 0.15) is 0 Å². The van der Waals surface area contributed by atoms with Crippen LogP contribution in [0, 0.1) is 11.6 Å². The predicted octanol–water partition coefficient (Wildman–Crippen LogP) is 1.30. The normalized spacial score (nSPS) is 16.0. The van der Waals surface area contributed by atoms with Crippen molar-refractivity contribution in [1.82, 2.24) is 4.98 Å². The van der Waals surface area contributed by atoms with Crippen LogP contribution in [0.4, 0.5) is 14.8 Å². The maximum absolute atomic E-state index is 13.6. The first-order chi connectivity index (χ1) is 9.16. The van der Waals surface area contributed by atoms with Gasteiger partial charge in [-0.2, -0.15) is 9.37 Å². The fourth-order valence-electron chi connectivity index (χ4n) is 1.95. The molecule has 19 heavy (non-hydrogen) atoms. The number of morpholine rings is 1. The Kier molecular flexibility index (Phi) is 2.90. The molecule has 0 aliphatic carbocycles. The van der Waals surface area contributed by atoms with E-state index in [1.54, 1.807) is 4.90 Å². The van der Waals surface area contributed by atoms with E-state index in [1.165, 1.54) is 0 Å². The van der Waals surface area contributed by atoms with Crippen molar-refractivity contribution in [3.05, 3.63) is 34.1 Å². The second-order valence-corrected chi connectivity index (χ2v) is 4.14. The summed E-state index contributed by atoms with van der Waals surface area (Å²) >= 11 is 0. The maximum atomic E-state index is 13.6. The van der Waals surface area contributed by atoms with Crippen LogP contribution in [0.25, 0.3) is 11.0 Å². The molecule has 1 fully saturated rings. The highest BCUT2D eigenvalue weighted by atomic mass is 19.2. The number of ether oxygens (including phenoxy) is 1. The molecule has 1 aromatic carbocycles. The lowest BCUT2D eigenvalue weighted by Gasteiger charge is -2.25. The van der Waals surface area contributed by atoms with Crippen molar-refractivity contribution < 1.29 is 17.9 Å². The molecule has 1 aromatic heterocycles. The number of halogens is 2. The summed E-state index contributed by atoms with van der Waals surface area (Å²) in [6, 6.07) is 2.03. The first kappa shape index (κ1) is 12.0. The number of anilines is 1. The monoisotopic (exact) mass is 268 g/mol. The van der Waals surface area contributed by atoms with E-state index in [-0.39, 0.29) is 11.4 Å². The summed E-state index contributed by atoms with van der Waals surface area (Å²) in [6.07, 6.45) is 0. The van der Waals surface area contributed by atoms with E-state index in [2.05, 4.69) is 4.98 Å². The predicted molar refractivity (Wildman–Crippen MR) is 63.2 cm³/mol. The van der Waals surface area contributed by atoms with Crippen LogP contribution in [0.2, 0.25) is 0 Å². The van der Waals surface area contributed by atoms with Crippen LogP contribution in [0.3, 0.4) is 0 Å². The zero-order valence-electron chi connectivity index (χ0n) is 9.86. The quantitative estimate of drug-likeness (QED) is 0.780. The molecule has 5 nitrogen and oxygen atoms in total. The van der Waals surface area contributed by atoms with Crippen LogP contribution in [0.15, 0.2) is 21.3 Å². The Hall–Kier alpha value is -2.02. The van der Waals surface area contributed by atoms with E-state index in [0.717, 1.165) is 12.1 Å². The van der Waals surface area contributed by atoms with Crippen LogP contribution in [0.5, 0.6) is 0 Å². The van der Waals surface area contributed by atoms with Gasteiger partial charge in [0.2, 0.25) is 5.82 Å². The summed E-state index contributed by atoms with van der Waals surface area (Å²) in [4.78, 5) is 17.2. The second-order valence-electron chi connectivity index (χ2n) is 4.14. The van der Waals surface area contributed by atoms with Gasteiger partial charge < -0.3 is 14.1 Å². The molecule has 7 heteroatoms. The third-order valence-corrected chi connectivity index (χ3v) is 2.95. The number of rotatable bonds is 1. The first-order valence-electron chi connectivity index (χ1n) is 5.78. The zero-order chi connectivity index (χ0) is 13.4. The average molecular weight is 268 g/mol. The Labute approximate surface area is 106 Å². The fourth-order valence-corrected chi connectivity index (χ4v) is 1.95. The second kappa shape index (κ2) is 4.58.